The fraction of sp³-hybridized carbons (Fsp3) is 0.429. The van der Waals surface area contributed by atoms with Crippen LogP contribution in [0.3, 0.4) is 0 Å². The SMILES string of the molecule is CCC(C)(C)NC(=O)Cn1ncc2ccc(N)cc21. The molecule has 102 valence electrons. The van der Waals surface area contributed by atoms with Crippen molar-refractivity contribution in [3.05, 3.63) is 24.4 Å². The van der Waals surface area contributed by atoms with Crippen molar-refractivity contribution in [2.45, 2.75) is 39.3 Å². The summed E-state index contributed by atoms with van der Waals surface area (Å²) in [5.41, 5.74) is 7.12. The molecule has 0 radical (unpaired) electrons. The summed E-state index contributed by atoms with van der Waals surface area (Å²) < 4.78 is 1.67. The second-order valence-corrected chi connectivity index (χ2v) is 5.41. The maximum Gasteiger partial charge on any atom is 0.242 e. The molecule has 19 heavy (non-hydrogen) atoms. The number of amides is 1. The van der Waals surface area contributed by atoms with E-state index in [2.05, 4.69) is 10.4 Å². The van der Waals surface area contributed by atoms with Gasteiger partial charge in [0, 0.05) is 16.6 Å². The number of carbonyl (C=O) groups is 1. The standard InChI is InChI=1S/C14H20N4O/c1-4-14(2,3)17-13(19)9-18-12-7-11(15)6-5-10(12)8-16-18/h5-8H,4,9,15H2,1-3H3,(H,17,19). The predicted octanol–water partition coefficient (Wildman–Crippen LogP) is 1.92. The minimum Gasteiger partial charge on any atom is -0.399 e. The van der Waals surface area contributed by atoms with E-state index < -0.39 is 0 Å². The highest BCUT2D eigenvalue weighted by Gasteiger charge is 2.18. The Labute approximate surface area is 112 Å². The monoisotopic (exact) mass is 260 g/mol. The average Bonchev–Trinajstić information content (AvgIpc) is 2.71. The first-order chi connectivity index (χ1) is 8.91. The highest BCUT2D eigenvalue weighted by atomic mass is 16.2. The lowest BCUT2D eigenvalue weighted by Crippen LogP contribution is -2.44. The molecule has 0 atom stereocenters. The average molecular weight is 260 g/mol. The van der Waals surface area contributed by atoms with E-state index in [4.69, 9.17) is 5.73 Å². The third kappa shape index (κ3) is 3.05. The number of rotatable bonds is 4. The van der Waals surface area contributed by atoms with Gasteiger partial charge in [0.2, 0.25) is 5.91 Å². The smallest absolute Gasteiger partial charge is 0.242 e. The molecule has 1 amide bonds. The Balaban J connectivity index is 2.17. The van der Waals surface area contributed by atoms with Crippen molar-refractivity contribution < 1.29 is 4.79 Å². The molecule has 0 aliphatic carbocycles. The quantitative estimate of drug-likeness (QED) is 0.825. The molecule has 0 fully saturated rings. The Bertz CT molecular complexity index is 601. The number of fused-ring (bicyclic) bond motifs is 1. The number of anilines is 1. The summed E-state index contributed by atoms with van der Waals surface area (Å²) in [4.78, 5) is 12.0. The second-order valence-electron chi connectivity index (χ2n) is 5.41. The maximum absolute atomic E-state index is 12.0. The van der Waals surface area contributed by atoms with Crippen molar-refractivity contribution in [3.63, 3.8) is 0 Å². The van der Waals surface area contributed by atoms with Crippen molar-refractivity contribution in [3.8, 4) is 0 Å². The minimum atomic E-state index is -0.195. The van der Waals surface area contributed by atoms with Gasteiger partial charge in [-0.25, -0.2) is 0 Å². The van der Waals surface area contributed by atoms with Gasteiger partial charge in [-0.1, -0.05) is 6.92 Å². The summed E-state index contributed by atoms with van der Waals surface area (Å²) in [5.74, 6) is -0.0423. The third-order valence-electron chi connectivity index (χ3n) is 3.32. The summed E-state index contributed by atoms with van der Waals surface area (Å²) in [6, 6.07) is 5.57. The van der Waals surface area contributed by atoms with Crippen LogP contribution in [0.4, 0.5) is 5.69 Å². The highest BCUT2D eigenvalue weighted by molar-refractivity contribution is 5.84. The van der Waals surface area contributed by atoms with E-state index in [0.29, 0.717) is 5.69 Å². The van der Waals surface area contributed by atoms with Crippen molar-refractivity contribution in [1.29, 1.82) is 0 Å². The number of hydrogen-bond acceptors (Lipinski definition) is 3. The van der Waals surface area contributed by atoms with Crippen molar-refractivity contribution >= 4 is 22.5 Å². The summed E-state index contributed by atoms with van der Waals surface area (Å²) in [7, 11) is 0. The number of hydrogen-bond donors (Lipinski definition) is 2. The van der Waals surface area contributed by atoms with E-state index in [1.54, 1.807) is 10.9 Å². The van der Waals surface area contributed by atoms with Crippen LogP contribution in [0.1, 0.15) is 27.2 Å². The van der Waals surface area contributed by atoms with Gasteiger partial charge < -0.3 is 11.1 Å². The molecule has 0 bridgehead atoms. The van der Waals surface area contributed by atoms with Crippen LogP contribution in [0.2, 0.25) is 0 Å². The number of nitrogens with two attached hydrogens (primary N) is 1. The lowest BCUT2D eigenvalue weighted by atomic mass is 10.0. The highest BCUT2D eigenvalue weighted by Crippen LogP contribution is 2.17. The largest absolute Gasteiger partial charge is 0.399 e. The summed E-state index contributed by atoms with van der Waals surface area (Å²) in [6.07, 6.45) is 2.62. The van der Waals surface area contributed by atoms with Gasteiger partial charge >= 0.3 is 0 Å². The first kappa shape index (κ1) is 13.4. The van der Waals surface area contributed by atoms with Crippen molar-refractivity contribution in [1.82, 2.24) is 15.1 Å². The number of carbonyl (C=O) groups excluding carboxylic acids is 1. The number of nitrogens with zero attached hydrogens (tertiary/aromatic N) is 2. The van der Waals surface area contributed by atoms with Crippen LogP contribution in [0.5, 0.6) is 0 Å². The molecule has 0 saturated carbocycles. The summed E-state index contributed by atoms with van der Waals surface area (Å²) in [5, 5.41) is 8.21. The summed E-state index contributed by atoms with van der Waals surface area (Å²) >= 11 is 0. The lowest BCUT2D eigenvalue weighted by Gasteiger charge is -2.24. The van der Waals surface area contributed by atoms with E-state index in [0.717, 1.165) is 17.3 Å². The Kier molecular flexibility index (Phi) is 3.46. The topological polar surface area (TPSA) is 72.9 Å². The first-order valence-electron chi connectivity index (χ1n) is 6.43. The molecule has 2 aromatic rings. The number of nitrogens with one attached hydrogen (secondary N) is 1. The molecular formula is C14H20N4O. The van der Waals surface area contributed by atoms with Gasteiger partial charge in [0.25, 0.3) is 0 Å². The molecule has 2 rings (SSSR count). The van der Waals surface area contributed by atoms with Crippen LogP contribution in [0.15, 0.2) is 24.4 Å². The molecule has 5 nitrogen and oxygen atoms in total. The normalized spacial score (nSPS) is 11.7. The molecular weight excluding hydrogens is 240 g/mol. The van der Waals surface area contributed by atoms with Crippen LogP contribution >= 0.6 is 0 Å². The Morgan fingerprint density at radius 1 is 1.47 bits per heavy atom. The minimum absolute atomic E-state index is 0.0423. The molecule has 0 aliphatic heterocycles. The molecule has 0 aliphatic rings. The molecule has 0 saturated heterocycles. The van der Waals surface area contributed by atoms with Gasteiger partial charge in [0.1, 0.15) is 6.54 Å². The van der Waals surface area contributed by atoms with Gasteiger partial charge in [-0.15, -0.1) is 0 Å². The Morgan fingerprint density at radius 3 is 2.89 bits per heavy atom. The maximum atomic E-state index is 12.0. The van der Waals surface area contributed by atoms with Gasteiger partial charge in [0.05, 0.1) is 11.7 Å². The van der Waals surface area contributed by atoms with Crippen molar-refractivity contribution in [2.24, 2.45) is 0 Å². The van der Waals surface area contributed by atoms with E-state index in [1.807, 2.05) is 39.0 Å². The van der Waals surface area contributed by atoms with E-state index in [-0.39, 0.29) is 18.0 Å². The molecule has 5 heteroatoms. The van der Waals surface area contributed by atoms with Gasteiger partial charge in [-0.05, 0) is 38.5 Å². The zero-order valence-corrected chi connectivity index (χ0v) is 11.6. The number of benzene rings is 1. The lowest BCUT2D eigenvalue weighted by molar-refractivity contribution is -0.123. The van der Waals surface area contributed by atoms with Crippen LogP contribution in [0.25, 0.3) is 10.9 Å². The molecule has 1 aromatic heterocycles. The number of nitrogen functional groups attached to an aromatic ring is 1. The fourth-order valence-corrected chi connectivity index (χ4v) is 1.85. The third-order valence-corrected chi connectivity index (χ3v) is 3.32. The Morgan fingerprint density at radius 2 is 2.21 bits per heavy atom. The van der Waals surface area contributed by atoms with Crippen LogP contribution < -0.4 is 11.1 Å². The number of aromatic nitrogens is 2. The Hall–Kier alpha value is -2.04. The van der Waals surface area contributed by atoms with Crippen LogP contribution in [0, 0.1) is 0 Å². The zero-order chi connectivity index (χ0) is 14.0. The molecule has 1 aromatic carbocycles. The van der Waals surface area contributed by atoms with Gasteiger partial charge in [0.15, 0.2) is 0 Å². The molecule has 1 heterocycles. The summed E-state index contributed by atoms with van der Waals surface area (Å²) in [6.45, 7) is 6.26. The van der Waals surface area contributed by atoms with Crippen molar-refractivity contribution in [2.75, 3.05) is 5.73 Å². The van der Waals surface area contributed by atoms with Crippen LogP contribution in [-0.4, -0.2) is 21.2 Å². The van der Waals surface area contributed by atoms with E-state index >= 15 is 0 Å². The zero-order valence-electron chi connectivity index (χ0n) is 11.6. The van der Waals surface area contributed by atoms with E-state index in [9.17, 15) is 4.79 Å². The second kappa shape index (κ2) is 4.91. The fourth-order valence-electron chi connectivity index (χ4n) is 1.85. The molecule has 0 unspecified atom stereocenters. The molecule has 0 spiro atoms. The van der Waals surface area contributed by atoms with E-state index in [1.165, 1.54) is 0 Å². The van der Waals surface area contributed by atoms with Gasteiger partial charge in [-0.3, -0.25) is 9.48 Å². The molecule has 3 N–H and O–H groups in total. The van der Waals surface area contributed by atoms with Gasteiger partial charge in [-0.2, -0.15) is 5.10 Å². The first-order valence-corrected chi connectivity index (χ1v) is 6.43. The van der Waals surface area contributed by atoms with Crippen LogP contribution in [-0.2, 0) is 11.3 Å². The predicted molar refractivity (Wildman–Crippen MR) is 76.7 cm³/mol.